The summed E-state index contributed by atoms with van der Waals surface area (Å²) >= 11 is 11.5. The van der Waals surface area contributed by atoms with Gasteiger partial charge in [-0.15, -0.1) is 0 Å². The van der Waals surface area contributed by atoms with Crippen LogP contribution in [-0.2, 0) is 0 Å². The Morgan fingerprint density at radius 2 is 1.70 bits per heavy atom. The highest BCUT2D eigenvalue weighted by atomic mass is 35.5. The molecule has 0 bridgehead atoms. The molecule has 0 aromatic heterocycles. The third-order valence-corrected chi connectivity index (χ3v) is 3.56. The first-order valence-electron chi connectivity index (χ1n) is 6.18. The maximum Gasteiger partial charge on any atom is 0.160 e. The number of anilines is 1. The molecule has 106 valence electrons. The van der Waals surface area contributed by atoms with E-state index < -0.39 is 5.82 Å². The maximum absolute atomic E-state index is 13.8. The highest BCUT2D eigenvalue weighted by Crippen LogP contribution is 2.31. The van der Waals surface area contributed by atoms with Gasteiger partial charge >= 0.3 is 0 Å². The lowest BCUT2D eigenvalue weighted by molar-refractivity contribution is 0.587. The Morgan fingerprint density at radius 3 is 2.25 bits per heavy atom. The van der Waals surface area contributed by atoms with E-state index in [0.717, 1.165) is 0 Å². The van der Waals surface area contributed by atoms with E-state index >= 15 is 0 Å². The van der Waals surface area contributed by atoms with Gasteiger partial charge in [0.15, 0.2) is 5.82 Å². The summed E-state index contributed by atoms with van der Waals surface area (Å²) in [5, 5.41) is 2.99. The van der Waals surface area contributed by atoms with E-state index in [1.165, 1.54) is 18.2 Å². The van der Waals surface area contributed by atoms with Crippen molar-refractivity contribution in [1.29, 1.82) is 0 Å². The summed E-state index contributed by atoms with van der Waals surface area (Å²) < 4.78 is 27.2. The van der Waals surface area contributed by atoms with E-state index in [0.29, 0.717) is 17.7 Å². The quantitative estimate of drug-likeness (QED) is 0.699. The Labute approximate surface area is 126 Å². The summed E-state index contributed by atoms with van der Waals surface area (Å²) in [6, 6.07) is 9.16. The fourth-order valence-electron chi connectivity index (χ4n) is 2.00. The van der Waals surface area contributed by atoms with Crippen molar-refractivity contribution in [1.82, 2.24) is 0 Å². The third-order valence-electron chi connectivity index (χ3n) is 3.01. The average molecular weight is 316 g/mol. The highest BCUT2D eigenvalue weighted by molar-refractivity contribution is 6.35. The number of halogens is 4. The predicted molar refractivity (Wildman–Crippen MR) is 79.5 cm³/mol. The van der Waals surface area contributed by atoms with Crippen LogP contribution < -0.4 is 5.32 Å². The second-order valence-electron chi connectivity index (χ2n) is 4.38. The molecule has 2 aromatic rings. The second kappa shape index (κ2) is 6.42. The van der Waals surface area contributed by atoms with E-state index in [2.05, 4.69) is 5.32 Å². The van der Waals surface area contributed by atoms with Gasteiger partial charge in [-0.1, -0.05) is 48.3 Å². The van der Waals surface area contributed by atoms with Crippen molar-refractivity contribution < 1.29 is 8.78 Å². The van der Waals surface area contributed by atoms with E-state index in [1.807, 2.05) is 6.92 Å². The molecule has 20 heavy (non-hydrogen) atoms. The van der Waals surface area contributed by atoms with Gasteiger partial charge in [0.1, 0.15) is 5.82 Å². The molecule has 1 atom stereocenters. The molecule has 0 amide bonds. The van der Waals surface area contributed by atoms with Gasteiger partial charge < -0.3 is 5.32 Å². The van der Waals surface area contributed by atoms with E-state index in [-0.39, 0.29) is 21.9 Å². The van der Waals surface area contributed by atoms with Crippen molar-refractivity contribution in [2.75, 3.05) is 5.32 Å². The molecule has 0 heterocycles. The molecular weight excluding hydrogens is 303 g/mol. The highest BCUT2D eigenvalue weighted by Gasteiger charge is 2.15. The zero-order chi connectivity index (χ0) is 14.7. The van der Waals surface area contributed by atoms with Crippen LogP contribution in [-0.4, -0.2) is 0 Å². The minimum absolute atomic E-state index is 0.0663. The van der Waals surface area contributed by atoms with E-state index in [4.69, 9.17) is 23.2 Å². The van der Waals surface area contributed by atoms with Gasteiger partial charge in [0.25, 0.3) is 0 Å². The zero-order valence-electron chi connectivity index (χ0n) is 10.8. The van der Waals surface area contributed by atoms with E-state index in [1.54, 1.807) is 18.2 Å². The Hall–Kier alpha value is -1.32. The number of nitrogens with one attached hydrogen (secondary N) is 1. The van der Waals surface area contributed by atoms with Crippen LogP contribution in [0.3, 0.4) is 0 Å². The van der Waals surface area contributed by atoms with Crippen molar-refractivity contribution in [2.24, 2.45) is 0 Å². The Bertz CT molecular complexity index is 594. The van der Waals surface area contributed by atoms with Crippen molar-refractivity contribution in [3.05, 3.63) is 63.6 Å². The largest absolute Gasteiger partial charge is 0.378 e. The number of hydrogen-bond acceptors (Lipinski definition) is 1. The normalized spacial score (nSPS) is 12.2. The first kappa shape index (κ1) is 15.1. The van der Waals surface area contributed by atoms with Crippen LogP contribution in [0.4, 0.5) is 14.5 Å². The standard InChI is InChI=1S/C15H13Cl2F2N/c1-2-14(10-5-3-4-6-13(10)18)20-9-7-11(16)15(19)12(17)8-9/h3-8,14,20H,2H2,1H3. The monoisotopic (exact) mass is 315 g/mol. The fourth-order valence-corrected chi connectivity index (χ4v) is 2.48. The van der Waals surface area contributed by atoms with Gasteiger partial charge in [-0.05, 0) is 24.6 Å². The molecule has 2 aromatic carbocycles. The van der Waals surface area contributed by atoms with Gasteiger partial charge in [-0.2, -0.15) is 0 Å². The topological polar surface area (TPSA) is 12.0 Å². The minimum Gasteiger partial charge on any atom is -0.378 e. The molecule has 2 rings (SSSR count). The molecule has 0 radical (unpaired) electrons. The van der Waals surface area contributed by atoms with Gasteiger partial charge in [0.05, 0.1) is 16.1 Å². The van der Waals surface area contributed by atoms with Crippen LogP contribution in [0.5, 0.6) is 0 Å². The Balaban J connectivity index is 2.30. The summed E-state index contributed by atoms with van der Waals surface area (Å²) in [5.74, 6) is -0.941. The molecule has 1 N–H and O–H groups in total. The van der Waals surface area contributed by atoms with Crippen molar-refractivity contribution >= 4 is 28.9 Å². The first-order valence-corrected chi connectivity index (χ1v) is 6.94. The lowest BCUT2D eigenvalue weighted by Gasteiger charge is -2.20. The van der Waals surface area contributed by atoms with Crippen LogP contribution in [0.25, 0.3) is 0 Å². The van der Waals surface area contributed by atoms with Crippen LogP contribution in [0.15, 0.2) is 36.4 Å². The van der Waals surface area contributed by atoms with Crippen LogP contribution in [0.1, 0.15) is 24.9 Å². The van der Waals surface area contributed by atoms with Crippen LogP contribution in [0, 0.1) is 11.6 Å². The molecule has 0 aliphatic carbocycles. The van der Waals surface area contributed by atoms with Crippen molar-refractivity contribution in [2.45, 2.75) is 19.4 Å². The molecule has 0 saturated carbocycles. The van der Waals surface area contributed by atoms with E-state index in [9.17, 15) is 8.78 Å². The van der Waals surface area contributed by atoms with Crippen LogP contribution in [0.2, 0.25) is 10.0 Å². The van der Waals surface area contributed by atoms with Gasteiger partial charge in [0, 0.05) is 11.3 Å². The van der Waals surface area contributed by atoms with Gasteiger partial charge in [-0.3, -0.25) is 0 Å². The average Bonchev–Trinajstić information content (AvgIpc) is 2.43. The maximum atomic E-state index is 13.8. The molecule has 0 fully saturated rings. The molecule has 1 unspecified atom stereocenters. The zero-order valence-corrected chi connectivity index (χ0v) is 12.3. The summed E-state index contributed by atoms with van der Waals surface area (Å²) in [7, 11) is 0. The molecule has 0 saturated heterocycles. The lowest BCUT2D eigenvalue weighted by Crippen LogP contribution is -2.11. The van der Waals surface area contributed by atoms with Crippen LogP contribution >= 0.6 is 23.2 Å². The number of benzene rings is 2. The second-order valence-corrected chi connectivity index (χ2v) is 5.19. The van der Waals surface area contributed by atoms with Gasteiger partial charge in [-0.25, -0.2) is 8.78 Å². The molecule has 0 aliphatic heterocycles. The molecule has 0 aliphatic rings. The third kappa shape index (κ3) is 3.22. The summed E-state index contributed by atoms with van der Waals surface area (Å²) in [5.41, 5.74) is 1.10. The fraction of sp³-hybridized carbons (Fsp3) is 0.200. The minimum atomic E-state index is -0.655. The number of rotatable bonds is 4. The SMILES string of the molecule is CCC(Nc1cc(Cl)c(F)c(Cl)c1)c1ccccc1F. The lowest BCUT2D eigenvalue weighted by atomic mass is 10.0. The van der Waals surface area contributed by atoms with Gasteiger partial charge in [0.2, 0.25) is 0 Å². The Kier molecular flexibility index (Phi) is 4.84. The molecule has 0 spiro atoms. The summed E-state index contributed by atoms with van der Waals surface area (Å²) in [4.78, 5) is 0. The molecule has 5 heteroatoms. The number of hydrogen-bond donors (Lipinski definition) is 1. The van der Waals surface area contributed by atoms with Crippen molar-refractivity contribution in [3.8, 4) is 0 Å². The first-order chi connectivity index (χ1) is 9.52. The predicted octanol–water partition coefficient (Wildman–Crippen LogP) is 5.83. The molecular formula is C15H13Cl2F2N. The summed E-state index contributed by atoms with van der Waals surface area (Å²) in [6.45, 7) is 1.93. The smallest absolute Gasteiger partial charge is 0.160 e. The summed E-state index contributed by atoms with van der Waals surface area (Å²) in [6.07, 6.45) is 0.660. The molecule has 1 nitrogen and oxygen atoms in total. The Morgan fingerprint density at radius 1 is 1.10 bits per heavy atom. The van der Waals surface area contributed by atoms with Crippen molar-refractivity contribution in [3.63, 3.8) is 0 Å².